The van der Waals surface area contributed by atoms with Gasteiger partial charge < -0.3 is 15.6 Å². The summed E-state index contributed by atoms with van der Waals surface area (Å²) < 4.78 is 1.91. The number of ketones is 1. The molecule has 0 spiro atoms. The largest absolute Gasteiger partial charge is 0.370 e. The van der Waals surface area contributed by atoms with Gasteiger partial charge in [0.1, 0.15) is 5.82 Å². The Balaban J connectivity index is 1.62. The lowest BCUT2D eigenvalue weighted by Gasteiger charge is -2.08. The minimum absolute atomic E-state index is 0.0456. The van der Waals surface area contributed by atoms with Crippen LogP contribution >= 0.6 is 11.8 Å². The van der Waals surface area contributed by atoms with Gasteiger partial charge in [-0.1, -0.05) is 18.7 Å². The number of anilines is 1. The van der Waals surface area contributed by atoms with E-state index in [4.69, 9.17) is 5.73 Å². The molecule has 0 atom stereocenters. The summed E-state index contributed by atoms with van der Waals surface area (Å²) in [6, 6.07) is 6.82. The van der Waals surface area contributed by atoms with E-state index < -0.39 is 0 Å². The molecule has 0 radical (unpaired) electrons. The third kappa shape index (κ3) is 5.19. The molecule has 1 aromatic heterocycles. The molecule has 0 saturated heterocycles. The Morgan fingerprint density at radius 3 is 2.54 bits per heavy atom. The summed E-state index contributed by atoms with van der Waals surface area (Å²) in [6.45, 7) is 2.21. The molecule has 8 nitrogen and oxygen atoms in total. The molecule has 0 unspecified atom stereocenters. The molecule has 2 amide bonds. The maximum atomic E-state index is 12.5. The lowest BCUT2D eigenvalue weighted by atomic mass is 10.1. The van der Waals surface area contributed by atoms with Crippen molar-refractivity contribution in [2.75, 3.05) is 11.1 Å². The first-order valence-electron chi connectivity index (χ1n) is 9.25. The summed E-state index contributed by atoms with van der Waals surface area (Å²) in [6.07, 6.45) is 2.75. The van der Waals surface area contributed by atoms with Crippen molar-refractivity contribution in [2.24, 2.45) is 5.73 Å². The monoisotopic (exact) mass is 401 g/mol. The highest BCUT2D eigenvalue weighted by Gasteiger charge is 2.30. The van der Waals surface area contributed by atoms with Crippen LogP contribution < -0.4 is 11.1 Å². The van der Waals surface area contributed by atoms with Crippen molar-refractivity contribution in [2.45, 2.75) is 50.2 Å². The van der Waals surface area contributed by atoms with E-state index in [1.54, 1.807) is 31.2 Å². The van der Waals surface area contributed by atoms with Crippen LogP contribution in [0.4, 0.5) is 5.69 Å². The van der Waals surface area contributed by atoms with Crippen LogP contribution in [0.5, 0.6) is 0 Å². The molecule has 3 N–H and O–H groups in total. The predicted molar refractivity (Wildman–Crippen MR) is 106 cm³/mol. The predicted octanol–water partition coefficient (Wildman–Crippen LogP) is 2.35. The van der Waals surface area contributed by atoms with Crippen molar-refractivity contribution < 1.29 is 14.4 Å². The third-order valence-electron chi connectivity index (χ3n) is 4.41. The van der Waals surface area contributed by atoms with Gasteiger partial charge in [0.2, 0.25) is 11.8 Å². The van der Waals surface area contributed by atoms with Gasteiger partial charge in [-0.15, -0.1) is 10.2 Å². The molecule has 2 aromatic rings. The molecule has 1 fully saturated rings. The lowest BCUT2D eigenvalue weighted by molar-refractivity contribution is -0.118. The van der Waals surface area contributed by atoms with E-state index in [-0.39, 0.29) is 29.8 Å². The van der Waals surface area contributed by atoms with Crippen molar-refractivity contribution in [3.05, 3.63) is 35.7 Å². The number of Topliss-reactive ketones (excluding diaryl/α,β-unsaturated/α-hetero) is 1. The Morgan fingerprint density at radius 1 is 1.21 bits per heavy atom. The molecular weight excluding hydrogens is 378 g/mol. The molecule has 3 rings (SSSR count). The number of benzene rings is 1. The molecular formula is C19H23N5O3S. The maximum Gasteiger partial charge on any atom is 0.224 e. The first kappa shape index (κ1) is 20.1. The van der Waals surface area contributed by atoms with Crippen LogP contribution in [0.25, 0.3) is 0 Å². The minimum Gasteiger partial charge on any atom is -0.370 e. The standard InChI is InChI=1S/C19H23N5O3S/c1-2-17(27)21-14-7-5-12(6-8-14)15(25)11-28-19-23-22-18(13-3-4-13)24(19)10-9-16(20)26/h5-8,13H,2-4,9-11H2,1H3,(H2,20,26)(H,21,27). The van der Waals surface area contributed by atoms with Gasteiger partial charge >= 0.3 is 0 Å². The molecule has 1 aromatic carbocycles. The highest BCUT2D eigenvalue weighted by Crippen LogP contribution is 2.40. The molecule has 148 valence electrons. The van der Waals surface area contributed by atoms with Crippen LogP contribution in [0, 0.1) is 0 Å². The zero-order valence-electron chi connectivity index (χ0n) is 15.7. The van der Waals surface area contributed by atoms with Crippen LogP contribution in [-0.4, -0.2) is 38.1 Å². The topological polar surface area (TPSA) is 120 Å². The zero-order valence-corrected chi connectivity index (χ0v) is 16.5. The Labute approximate surface area is 167 Å². The molecule has 9 heteroatoms. The smallest absolute Gasteiger partial charge is 0.224 e. The quantitative estimate of drug-likeness (QED) is 0.466. The van der Waals surface area contributed by atoms with Crippen LogP contribution in [0.15, 0.2) is 29.4 Å². The van der Waals surface area contributed by atoms with Crippen molar-refractivity contribution in [3.8, 4) is 0 Å². The van der Waals surface area contributed by atoms with Crippen molar-refractivity contribution in [1.82, 2.24) is 14.8 Å². The van der Waals surface area contributed by atoms with Gasteiger partial charge in [0.05, 0.1) is 5.75 Å². The van der Waals surface area contributed by atoms with Crippen molar-refractivity contribution in [3.63, 3.8) is 0 Å². The summed E-state index contributed by atoms with van der Waals surface area (Å²) in [5.41, 5.74) is 6.50. The Kier molecular flexibility index (Phi) is 6.45. The first-order valence-corrected chi connectivity index (χ1v) is 10.2. The number of amides is 2. The van der Waals surface area contributed by atoms with Gasteiger partial charge in [-0.3, -0.25) is 14.4 Å². The summed E-state index contributed by atoms with van der Waals surface area (Å²) in [5.74, 6) is 0.966. The Morgan fingerprint density at radius 2 is 1.93 bits per heavy atom. The molecule has 0 bridgehead atoms. The van der Waals surface area contributed by atoms with E-state index in [9.17, 15) is 14.4 Å². The fourth-order valence-corrected chi connectivity index (χ4v) is 3.55. The second-order valence-electron chi connectivity index (χ2n) is 6.67. The number of nitrogens with one attached hydrogen (secondary N) is 1. The van der Waals surface area contributed by atoms with Crippen LogP contribution in [0.1, 0.15) is 54.7 Å². The number of carbonyl (C=O) groups excluding carboxylic acids is 3. The van der Waals surface area contributed by atoms with Crippen LogP contribution in [-0.2, 0) is 16.1 Å². The number of rotatable bonds is 10. The van der Waals surface area contributed by atoms with Gasteiger partial charge in [0, 0.05) is 36.6 Å². The van der Waals surface area contributed by atoms with E-state index in [0.29, 0.717) is 35.3 Å². The average molecular weight is 401 g/mol. The summed E-state index contributed by atoms with van der Waals surface area (Å²) >= 11 is 1.30. The van der Waals surface area contributed by atoms with Crippen LogP contribution in [0.3, 0.4) is 0 Å². The summed E-state index contributed by atoms with van der Waals surface area (Å²) in [4.78, 5) is 35.1. The highest BCUT2D eigenvalue weighted by atomic mass is 32.2. The fraction of sp³-hybridized carbons (Fsp3) is 0.421. The van der Waals surface area contributed by atoms with E-state index in [1.807, 2.05) is 4.57 Å². The molecule has 1 aliphatic carbocycles. The van der Waals surface area contributed by atoms with Gasteiger partial charge in [-0.2, -0.15) is 0 Å². The Hall–Kier alpha value is -2.68. The second kappa shape index (κ2) is 9.01. The van der Waals surface area contributed by atoms with E-state index in [1.165, 1.54) is 11.8 Å². The maximum absolute atomic E-state index is 12.5. The second-order valence-corrected chi connectivity index (χ2v) is 7.62. The van der Waals surface area contributed by atoms with E-state index >= 15 is 0 Å². The van der Waals surface area contributed by atoms with Gasteiger partial charge in [-0.05, 0) is 37.1 Å². The first-order chi connectivity index (χ1) is 13.5. The molecule has 1 heterocycles. The molecule has 1 aliphatic rings. The fourth-order valence-electron chi connectivity index (χ4n) is 2.68. The normalized spacial score (nSPS) is 13.3. The minimum atomic E-state index is -0.377. The average Bonchev–Trinajstić information content (AvgIpc) is 3.45. The van der Waals surface area contributed by atoms with Crippen LogP contribution in [0.2, 0.25) is 0 Å². The lowest BCUT2D eigenvalue weighted by Crippen LogP contribution is -2.16. The number of primary amides is 1. The number of hydrogen-bond donors (Lipinski definition) is 2. The van der Waals surface area contributed by atoms with Gasteiger partial charge in [0.25, 0.3) is 0 Å². The number of thioether (sulfide) groups is 1. The number of nitrogens with zero attached hydrogens (tertiary/aromatic N) is 3. The van der Waals surface area contributed by atoms with E-state index in [2.05, 4.69) is 15.5 Å². The zero-order chi connectivity index (χ0) is 20.1. The third-order valence-corrected chi connectivity index (χ3v) is 5.38. The Bertz CT molecular complexity index is 874. The van der Waals surface area contributed by atoms with Gasteiger partial charge in [0.15, 0.2) is 10.9 Å². The summed E-state index contributed by atoms with van der Waals surface area (Å²) in [5, 5.41) is 11.8. The van der Waals surface area contributed by atoms with Gasteiger partial charge in [-0.25, -0.2) is 0 Å². The summed E-state index contributed by atoms with van der Waals surface area (Å²) in [7, 11) is 0. The molecule has 0 aliphatic heterocycles. The number of nitrogens with two attached hydrogens (primary N) is 1. The van der Waals surface area contributed by atoms with Crippen molar-refractivity contribution in [1.29, 1.82) is 0 Å². The number of hydrogen-bond acceptors (Lipinski definition) is 6. The van der Waals surface area contributed by atoms with Crippen molar-refractivity contribution >= 4 is 35.0 Å². The molecule has 28 heavy (non-hydrogen) atoms. The SMILES string of the molecule is CCC(=O)Nc1ccc(C(=O)CSc2nnc(C3CC3)n2CCC(N)=O)cc1. The number of carbonyl (C=O) groups is 3. The van der Waals surface area contributed by atoms with E-state index in [0.717, 1.165) is 18.7 Å². The number of aromatic nitrogens is 3. The highest BCUT2D eigenvalue weighted by molar-refractivity contribution is 7.99. The molecule has 1 saturated carbocycles.